The highest BCUT2D eigenvalue weighted by molar-refractivity contribution is 6.21. The van der Waals surface area contributed by atoms with Crippen LogP contribution in [-0.4, -0.2) is 75.5 Å². The first-order valence-electron chi connectivity index (χ1n) is 17.8. The molecule has 4 atom stereocenters. The van der Waals surface area contributed by atoms with Crippen molar-refractivity contribution in [1.29, 1.82) is 0 Å². The van der Waals surface area contributed by atoms with Crippen molar-refractivity contribution in [1.82, 2.24) is 19.8 Å². The molecule has 4 heterocycles. The number of amides is 2. The van der Waals surface area contributed by atoms with Gasteiger partial charge in [-0.2, -0.15) is 0 Å². The maximum atomic E-state index is 13.1. The normalized spacial score (nSPS) is 22.1. The first kappa shape index (κ1) is 33.9. The second kappa shape index (κ2) is 14.8. The number of carbonyl (C=O) groups excluding carboxylic acids is 2. The summed E-state index contributed by atoms with van der Waals surface area (Å²) in [6, 6.07) is 32.8. The van der Waals surface area contributed by atoms with E-state index >= 15 is 0 Å². The lowest BCUT2D eigenvalue weighted by molar-refractivity contribution is -0.276. The number of fused-ring (bicyclic) bond motifs is 1. The highest BCUT2D eigenvalue weighted by atomic mass is 16.7. The zero-order chi connectivity index (χ0) is 35.6. The Kier molecular flexibility index (Phi) is 9.62. The number of ether oxygens (including phenoxy) is 2. The number of nitrogens with zero attached hydrogens (tertiary/aromatic N) is 5. The van der Waals surface area contributed by atoms with Crippen molar-refractivity contribution in [3.8, 4) is 11.1 Å². The molecule has 0 bridgehead atoms. The Morgan fingerprint density at radius 3 is 1.98 bits per heavy atom. The first-order valence-corrected chi connectivity index (χ1v) is 17.8. The molecule has 2 fully saturated rings. The molecule has 10 heteroatoms. The topological polar surface area (TPSA) is 108 Å². The van der Waals surface area contributed by atoms with Crippen LogP contribution < -0.4 is 4.90 Å². The summed E-state index contributed by atoms with van der Waals surface area (Å²) in [6.07, 6.45) is 2.66. The van der Waals surface area contributed by atoms with Gasteiger partial charge < -0.3 is 19.5 Å². The summed E-state index contributed by atoms with van der Waals surface area (Å²) in [6.45, 7) is 6.56. The lowest BCUT2D eigenvalue weighted by atomic mass is 9.89. The van der Waals surface area contributed by atoms with Crippen molar-refractivity contribution < 1.29 is 24.2 Å². The highest BCUT2D eigenvalue weighted by Gasteiger charge is 2.40. The highest BCUT2D eigenvalue weighted by Crippen LogP contribution is 2.42. The molecule has 1 aromatic heterocycles. The molecule has 52 heavy (non-hydrogen) atoms. The van der Waals surface area contributed by atoms with E-state index in [0.717, 1.165) is 72.1 Å². The van der Waals surface area contributed by atoms with E-state index in [2.05, 4.69) is 26.7 Å². The minimum absolute atomic E-state index is 0.0104. The third kappa shape index (κ3) is 6.73. The molecule has 4 unspecified atom stereocenters. The molecule has 3 aliphatic heterocycles. The van der Waals surface area contributed by atoms with Gasteiger partial charge in [0.1, 0.15) is 0 Å². The maximum absolute atomic E-state index is 13.1. The minimum Gasteiger partial charge on any atom is -0.392 e. The molecule has 8 rings (SSSR count). The average Bonchev–Trinajstić information content (AvgIpc) is 3.44. The number of hydrogen-bond donors (Lipinski definition) is 1. The largest absolute Gasteiger partial charge is 0.392 e. The van der Waals surface area contributed by atoms with Crippen molar-refractivity contribution in [3.05, 3.63) is 149 Å². The Morgan fingerprint density at radius 1 is 0.712 bits per heavy atom. The summed E-state index contributed by atoms with van der Waals surface area (Å²) in [5.74, 6) is 0.293. The number of aromatic nitrogens is 2. The predicted octanol–water partition coefficient (Wildman–Crippen LogP) is 6.05. The molecular weight excluding hydrogens is 654 g/mol. The number of piperazine rings is 1. The van der Waals surface area contributed by atoms with Crippen LogP contribution in [0, 0.1) is 5.92 Å². The van der Waals surface area contributed by atoms with Gasteiger partial charge in [0.2, 0.25) is 5.95 Å². The fourth-order valence-electron chi connectivity index (χ4n) is 7.48. The molecule has 0 spiro atoms. The van der Waals surface area contributed by atoms with Gasteiger partial charge in [-0.3, -0.25) is 19.4 Å². The van der Waals surface area contributed by atoms with E-state index in [-0.39, 0.29) is 43.1 Å². The van der Waals surface area contributed by atoms with Crippen molar-refractivity contribution in [3.63, 3.8) is 0 Å². The number of carbonyl (C=O) groups is 2. The van der Waals surface area contributed by atoms with Gasteiger partial charge in [0, 0.05) is 56.6 Å². The van der Waals surface area contributed by atoms with E-state index in [1.165, 1.54) is 4.90 Å². The Hall–Kier alpha value is -5.26. The van der Waals surface area contributed by atoms with Crippen LogP contribution in [0.3, 0.4) is 0 Å². The van der Waals surface area contributed by atoms with Gasteiger partial charge >= 0.3 is 0 Å². The Bertz CT molecular complexity index is 2000. The Morgan fingerprint density at radius 2 is 1.33 bits per heavy atom. The Labute approximate surface area is 303 Å². The molecule has 264 valence electrons. The van der Waals surface area contributed by atoms with E-state index in [4.69, 9.17) is 9.47 Å². The molecular formula is C42H41N5O5. The summed E-state index contributed by atoms with van der Waals surface area (Å²) in [5, 5.41) is 9.65. The van der Waals surface area contributed by atoms with Crippen LogP contribution in [0.2, 0.25) is 0 Å². The smallest absolute Gasteiger partial charge is 0.261 e. The van der Waals surface area contributed by atoms with Crippen LogP contribution in [0.25, 0.3) is 11.1 Å². The lowest BCUT2D eigenvalue weighted by Gasteiger charge is -2.44. The van der Waals surface area contributed by atoms with E-state index in [1.54, 1.807) is 36.7 Å². The van der Waals surface area contributed by atoms with Crippen LogP contribution in [-0.2, 0) is 22.6 Å². The number of rotatable bonds is 9. The quantitative estimate of drug-likeness (QED) is 0.185. The third-order valence-corrected chi connectivity index (χ3v) is 10.5. The fourth-order valence-corrected chi connectivity index (χ4v) is 7.48. The molecule has 0 saturated carbocycles. The van der Waals surface area contributed by atoms with Crippen molar-refractivity contribution >= 4 is 17.8 Å². The lowest BCUT2D eigenvalue weighted by Crippen LogP contribution is -2.51. The van der Waals surface area contributed by atoms with Crippen LogP contribution in [0.15, 0.2) is 116 Å². The number of aliphatic hydroxyl groups excluding tert-OH is 1. The molecule has 1 N–H and O–H groups in total. The third-order valence-electron chi connectivity index (χ3n) is 10.5. The van der Waals surface area contributed by atoms with E-state index in [1.807, 2.05) is 78.9 Å². The van der Waals surface area contributed by atoms with Crippen LogP contribution in [0.4, 0.5) is 5.95 Å². The minimum atomic E-state index is -0.592. The number of imide groups is 1. The summed E-state index contributed by atoms with van der Waals surface area (Å²) < 4.78 is 13.5. The van der Waals surface area contributed by atoms with Gasteiger partial charge in [0.15, 0.2) is 6.29 Å². The summed E-state index contributed by atoms with van der Waals surface area (Å²) in [4.78, 5) is 41.1. The second-order valence-electron chi connectivity index (χ2n) is 13.7. The van der Waals surface area contributed by atoms with Gasteiger partial charge in [-0.1, -0.05) is 91.9 Å². The number of benzene rings is 4. The Balaban J connectivity index is 1.01. The van der Waals surface area contributed by atoms with Gasteiger partial charge in [-0.15, -0.1) is 0 Å². The van der Waals surface area contributed by atoms with Gasteiger partial charge in [0.05, 0.1) is 36.5 Å². The predicted molar refractivity (Wildman–Crippen MR) is 196 cm³/mol. The van der Waals surface area contributed by atoms with Crippen molar-refractivity contribution in [2.75, 3.05) is 37.6 Å². The second-order valence-corrected chi connectivity index (χ2v) is 13.7. The molecule has 2 amide bonds. The summed E-state index contributed by atoms with van der Waals surface area (Å²) in [5.41, 5.74) is 6.50. The molecule has 2 saturated heterocycles. The summed E-state index contributed by atoms with van der Waals surface area (Å²) in [7, 11) is 0. The number of anilines is 1. The average molecular weight is 696 g/mol. The van der Waals surface area contributed by atoms with E-state index in [0.29, 0.717) is 11.1 Å². The summed E-state index contributed by atoms with van der Waals surface area (Å²) >= 11 is 0. The molecule has 0 aliphatic carbocycles. The van der Waals surface area contributed by atoms with Crippen molar-refractivity contribution in [2.45, 2.75) is 38.6 Å². The monoisotopic (exact) mass is 695 g/mol. The fraction of sp³-hybridized carbons (Fsp3) is 0.286. The molecule has 0 radical (unpaired) electrons. The molecule has 3 aliphatic rings. The molecule has 5 aromatic rings. The van der Waals surface area contributed by atoms with Gasteiger partial charge in [0.25, 0.3) is 11.8 Å². The van der Waals surface area contributed by atoms with Crippen molar-refractivity contribution in [2.24, 2.45) is 5.92 Å². The van der Waals surface area contributed by atoms with Crippen LogP contribution >= 0.6 is 0 Å². The number of aliphatic hydroxyl groups is 1. The van der Waals surface area contributed by atoms with E-state index < -0.39 is 6.29 Å². The number of hydrogen-bond acceptors (Lipinski definition) is 9. The van der Waals surface area contributed by atoms with Crippen LogP contribution in [0.1, 0.15) is 62.3 Å². The van der Waals surface area contributed by atoms with Gasteiger partial charge in [-0.05, 0) is 46.0 Å². The zero-order valence-corrected chi connectivity index (χ0v) is 29.0. The molecule has 10 nitrogen and oxygen atoms in total. The molecule has 4 aromatic carbocycles. The first-order chi connectivity index (χ1) is 25.5. The maximum Gasteiger partial charge on any atom is 0.261 e. The van der Waals surface area contributed by atoms with Crippen LogP contribution in [0.5, 0.6) is 0 Å². The zero-order valence-electron chi connectivity index (χ0n) is 29.0. The van der Waals surface area contributed by atoms with E-state index in [9.17, 15) is 14.7 Å². The SMILES string of the molecule is CC1C(CN2CCN(c3ncccn3)CC2)OC(c2ccc(-c3ccccc3CN3C(=O)c4ccccc4C3=O)cc2)OC1c1ccc(CO)cc1. The standard InChI is InChI=1S/C42H41N5O5/c1-28-37(26-45-21-23-46(24-22-45)42-43-19-6-20-44-42)51-41(52-38(28)31-13-11-29(27-48)12-14-31)32-17-15-30(16-18-32)34-8-3-2-7-33(34)25-47-39(49)35-9-4-5-10-36(35)40(47)50/h2-20,28,37-38,41,48H,21-27H2,1H3. The van der Waals surface area contributed by atoms with Gasteiger partial charge in [-0.25, -0.2) is 9.97 Å².